The Kier molecular flexibility index (Phi) is 6.09. The van der Waals surface area contributed by atoms with Crippen molar-refractivity contribution in [1.29, 1.82) is 0 Å². The smallest absolute Gasteiger partial charge is 0.224 e. The first-order valence-electron chi connectivity index (χ1n) is 8.29. The minimum absolute atomic E-state index is 0.298. The normalized spacial score (nSPS) is 15.9. The van der Waals surface area contributed by atoms with E-state index in [4.69, 9.17) is 0 Å². The number of carbonyl (C=O) groups is 1. The van der Waals surface area contributed by atoms with Gasteiger partial charge in [0.2, 0.25) is 5.91 Å². The number of rotatable bonds is 5. The fraction of sp³-hybridized carbons (Fsp3) is 0.611. The van der Waals surface area contributed by atoms with Gasteiger partial charge in [-0.2, -0.15) is 0 Å². The summed E-state index contributed by atoms with van der Waals surface area (Å²) in [6.07, 6.45) is 5.45. The van der Waals surface area contributed by atoms with E-state index in [-0.39, 0.29) is 0 Å². The summed E-state index contributed by atoms with van der Waals surface area (Å²) in [5.41, 5.74) is 2.48. The highest BCUT2D eigenvalue weighted by atomic mass is 16.2. The zero-order valence-corrected chi connectivity index (χ0v) is 13.4. The molecule has 0 saturated carbocycles. The molecule has 2 rings (SSSR count). The summed E-state index contributed by atoms with van der Waals surface area (Å²) in [5, 5.41) is 3.43. The van der Waals surface area contributed by atoms with Crippen LogP contribution in [0.5, 0.6) is 0 Å². The second-order valence-corrected chi connectivity index (χ2v) is 6.21. The summed E-state index contributed by atoms with van der Waals surface area (Å²) in [5.74, 6) is 0.793. The highest BCUT2D eigenvalue weighted by Gasteiger charge is 2.15. The summed E-state index contributed by atoms with van der Waals surface area (Å²) < 4.78 is 0. The van der Waals surface area contributed by atoms with Crippen LogP contribution in [0, 0.1) is 0 Å². The molecule has 0 unspecified atom stereocenters. The molecule has 1 saturated heterocycles. The first-order chi connectivity index (χ1) is 10.2. The minimum atomic E-state index is 0.298. The van der Waals surface area contributed by atoms with Crippen molar-refractivity contribution >= 4 is 11.6 Å². The average molecular weight is 288 g/mol. The Balaban J connectivity index is 1.82. The van der Waals surface area contributed by atoms with Crippen LogP contribution in [0.3, 0.4) is 0 Å². The monoisotopic (exact) mass is 288 g/mol. The number of carbonyl (C=O) groups excluding carboxylic acids is 1. The molecule has 0 bridgehead atoms. The topological polar surface area (TPSA) is 32.3 Å². The molecule has 1 aromatic rings. The van der Waals surface area contributed by atoms with Gasteiger partial charge in [-0.25, -0.2) is 0 Å². The molecule has 1 aromatic carbocycles. The second kappa shape index (κ2) is 8.06. The van der Waals surface area contributed by atoms with Gasteiger partial charge >= 0.3 is 0 Å². The van der Waals surface area contributed by atoms with E-state index in [1.54, 1.807) is 0 Å². The first kappa shape index (κ1) is 15.9. The maximum absolute atomic E-state index is 12.2. The number of likely N-dealkylation sites (tertiary alicyclic amines) is 1. The lowest BCUT2D eigenvalue weighted by molar-refractivity contribution is -0.130. The molecule has 21 heavy (non-hydrogen) atoms. The van der Waals surface area contributed by atoms with Crippen molar-refractivity contribution in [2.45, 2.75) is 51.9 Å². The van der Waals surface area contributed by atoms with E-state index in [1.165, 1.54) is 18.4 Å². The van der Waals surface area contributed by atoms with Crippen LogP contribution < -0.4 is 5.32 Å². The van der Waals surface area contributed by atoms with Gasteiger partial charge < -0.3 is 10.2 Å². The van der Waals surface area contributed by atoms with Gasteiger partial charge in [-0.1, -0.05) is 44.9 Å². The molecule has 3 heteroatoms. The zero-order chi connectivity index (χ0) is 15.1. The molecule has 3 nitrogen and oxygen atoms in total. The molecule has 0 aliphatic carbocycles. The second-order valence-electron chi connectivity index (χ2n) is 6.21. The summed E-state index contributed by atoms with van der Waals surface area (Å²) in [6.45, 7) is 7.01. The summed E-state index contributed by atoms with van der Waals surface area (Å²) in [6, 6.07) is 8.38. The van der Waals surface area contributed by atoms with Gasteiger partial charge in [0.25, 0.3) is 0 Å². The van der Waals surface area contributed by atoms with Crippen molar-refractivity contribution in [3.63, 3.8) is 0 Å². The van der Waals surface area contributed by atoms with Gasteiger partial charge in [0.15, 0.2) is 0 Å². The van der Waals surface area contributed by atoms with Crippen molar-refractivity contribution in [2.24, 2.45) is 0 Å². The maximum Gasteiger partial charge on any atom is 0.224 e. The third kappa shape index (κ3) is 4.76. The number of benzene rings is 1. The average Bonchev–Trinajstić information content (AvgIpc) is 2.76. The van der Waals surface area contributed by atoms with Crippen LogP contribution in [0.1, 0.15) is 57.4 Å². The molecule has 0 radical (unpaired) electrons. The lowest BCUT2D eigenvalue weighted by atomic mass is 10.0. The lowest BCUT2D eigenvalue weighted by Crippen LogP contribution is -2.32. The number of hydrogen-bond donors (Lipinski definition) is 1. The van der Waals surface area contributed by atoms with Crippen molar-refractivity contribution in [1.82, 2.24) is 4.90 Å². The summed E-state index contributed by atoms with van der Waals surface area (Å²) in [7, 11) is 0. The number of amides is 1. The van der Waals surface area contributed by atoms with Crippen LogP contribution in [0.2, 0.25) is 0 Å². The minimum Gasteiger partial charge on any atom is -0.384 e. The molecule has 1 aliphatic heterocycles. The van der Waals surface area contributed by atoms with E-state index in [0.717, 1.165) is 38.2 Å². The Hall–Kier alpha value is -1.51. The van der Waals surface area contributed by atoms with Crippen LogP contribution in [0.25, 0.3) is 0 Å². The predicted octanol–water partition coefficient (Wildman–Crippen LogP) is 4.01. The van der Waals surface area contributed by atoms with E-state index < -0.39 is 0 Å². The van der Waals surface area contributed by atoms with Crippen molar-refractivity contribution in [2.75, 3.05) is 25.0 Å². The molecule has 1 fully saturated rings. The molecule has 0 spiro atoms. The van der Waals surface area contributed by atoms with Gasteiger partial charge in [0.1, 0.15) is 0 Å². The Morgan fingerprint density at radius 1 is 1.14 bits per heavy atom. The zero-order valence-electron chi connectivity index (χ0n) is 13.4. The standard InChI is InChI=1S/C18H28N2O/c1-15(2)16-9-5-6-10-17(16)19-12-11-18(21)20-13-7-3-4-8-14-20/h5-6,9-10,15,19H,3-4,7-8,11-14H2,1-2H3. The van der Waals surface area contributed by atoms with Crippen LogP contribution in [0.15, 0.2) is 24.3 Å². The molecule has 116 valence electrons. The Morgan fingerprint density at radius 3 is 2.48 bits per heavy atom. The maximum atomic E-state index is 12.2. The van der Waals surface area contributed by atoms with E-state index in [2.05, 4.69) is 37.4 Å². The lowest BCUT2D eigenvalue weighted by Gasteiger charge is -2.21. The van der Waals surface area contributed by atoms with Crippen molar-refractivity contribution in [3.8, 4) is 0 Å². The highest BCUT2D eigenvalue weighted by molar-refractivity contribution is 5.76. The van der Waals surface area contributed by atoms with Crippen molar-refractivity contribution in [3.05, 3.63) is 29.8 Å². The van der Waals surface area contributed by atoms with Crippen LogP contribution in [-0.2, 0) is 4.79 Å². The van der Waals surface area contributed by atoms with Gasteiger partial charge in [-0.3, -0.25) is 4.79 Å². The molecule has 0 atom stereocenters. The largest absolute Gasteiger partial charge is 0.384 e. The van der Waals surface area contributed by atoms with Gasteiger partial charge in [-0.05, 0) is 30.4 Å². The third-order valence-corrected chi connectivity index (χ3v) is 4.20. The fourth-order valence-corrected chi connectivity index (χ4v) is 2.94. The SMILES string of the molecule is CC(C)c1ccccc1NCCC(=O)N1CCCCCC1. The van der Waals surface area contributed by atoms with Crippen molar-refractivity contribution < 1.29 is 4.79 Å². The van der Waals surface area contributed by atoms with E-state index in [0.29, 0.717) is 18.2 Å². The first-order valence-corrected chi connectivity index (χ1v) is 8.29. The number of para-hydroxylation sites is 1. The molecule has 1 aliphatic rings. The van der Waals surface area contributed by atoms with E-state index in [1.807, 2.05) is 11.0 Å². The Morgan fingerprint density at radius 2 is 1.81 bits per heavy atom. The molecular weight excluding hydrogens is 260 g/mol. The van der Waals surface area contributed by atoms with Crippen LogP contribution in [0.4, 0.5) is 5.69 Å². The van der Waals surface area contributed by atoms with Gasteiger partial charge in [-0.15, -0.1) is 0 Å². The highest BCUT2D eigenvalue weighted by Crippen LogP contribution is 2.23. The number of nitrogens with one attached hydrogen (secondary N) is 1. The molecule has 1 N–H and O–H groups in total. The van der Waals surface area contributed by atoms with Gasteiger partial charge in [0, 0.05) is 31.7 Å². The summed E-state index contributed by atoms with van der Waals surface area (Å²) in [4.78, 5) is 14.3. The van der Waals surface area contributed by atoms with E-state index >= 15 is 0 Å². The van der Waals surface area contributed by atoms with E-state index in [9.17, 15) is 4.79 Å². The number of nitrogens with zero attached hydrogens (tertiary/aromatic N) is 1. The molecule has 0 aromatic heterocycles. The fourth-order valence-electron chi connectivity index (χ4n) is 2.94. The molecular formula is C18H28N2O. The Labute approximate surface area is 128 Å². The van der Waals surface area contributed by atoms with Crippen LogP contribution in [-0.4, -0.2) is 30.4 Å². The predicted molar refractivity (Wildman–Crippen MR) is 88.7 cm³/mol. The van der Waals surface area contributed by atoms with Gasteiger partial charge in [0.05, 0.1) is 0 Å². The Bertz CT molecular complexity index is 448. The molecule has 1 amide bonds. The van der Waals surface area contributed by atoms with Crippen LogP contribution >= 0.6 is 0 Å². The third-order valence-electron chi connectivity index (χ3n) is 4.20. The molecule has 1 heterocycles. The number of anilines is 1. The quantitative estimate of drug-likeness (QED) is 0.887. The number of hydrogen-bond acceptors (Lipinski definition) is 2. The summed E-state index contributed by atoms with van der Waals surface area (Å²) >= 11 is 0.